The second kappa shape index (κ2) is 8.34. The summed E-state index contributed by atoms with van der Waals surface area (Å²) in [6, 6.07) is 8.25. The van der Waals surface area contributed by atoms with Gasteiger partial charge in [0.25, 0.3) is 0 Å². The second-order valence-corrected chi connectivity index (χ2v) is 4.03. The monoisotopic (exact) mass is 247 g/mol. The number of aryl methyl sites for hydroxylation is 1. The molecule has 0 amide bonds. The van der Waals surface area contributed by atoms with Crippen molar-refractivity contribution in [1.82, 2.24) is 0 Å². The Bertz CT molecular complexity index is 371. The van der Waals surface area contributed by atoms with Gasteiger partial charge in [0.15, 0.2) is 0 Å². The van der Waals surface area contributed by atoms with Crippen LogP contribution in [0.2, 0.25) is 0 Å². The van der Waals surface area contributed by atoms with E-state index in [0.29, 0.717) is 13.0 Å². The van der Waals surface area contributed by atoms with E-state index < -0.39 is 0 Å². The van der Waals surface area contributed by atoms with Crippen LogP contribution in [0.5, 0.6) is 0 Å². The number of anilines is 1. The lowest BCUT2D eigenvalue weighted by atomic mass is 10.1. The van der Waals surface area contributed by atoms with Gasteiger partial charge in [-0.2, -0.15) is 0 Å². The fraction of sp³-hybridized carbons (Fsp3) is 0.400. The van der Waals surface area contributed by atoms with Crippen molar-refractivity contribution in [3.05, 3.63) is 42.5 Å². The van der Waals surface area contributed by atoms with E-state index in [9.17, 15) is 4.79 Å². The van der Waals surface area contributed by atoms with Gasteiger partial charge in [-0.3, -0.25) is 4.79 Å². The molecule has 1 rings (SSSR count). The quantitative estimate of drug-likeness (QED) is 0.566. The molecule has 0 unspecified atom stereocenters. The smallest absolute Gasteiger partial charge is 0.305 e. The molecule has 98 valence electrons. The van der Waals surface area contributed by atoms with Crippen LogP contribution in [0.3, 0.4) is 0 Å². The Morgan fingerprint density at radius 2 is 2.11 bits per heavy atom. The number of hydrogen-bond donors (Lipinski definition) is 1. The fourth-order valence-electron chi connectivity index (χ4n) is 1.65. The van der Waals surface area contributed by atoms with E-state index in [-0.39, 0.29) is 5.97 Å². The van der Waals surface area contributed by atoms with E-state index >= 15 is 0 Å². The summed E-state index contributed by atoms with van der Waals surface area (Å²) in [6.07, 6.45) is 4.05. The van der Waals surface area contributed by atoms with Gasteiger partial charge in [-0.1, -0.05) is 18.2 Å². The van der Waals surface area contributed by atoms with Gasteiger partial charge in [-0.25, -0.2) is 0 Å². The van der Waals surface area contributed by atoms with Crippen LogP contribution in [-0.2, 0) is 16.0 Å². The molecule has 0 aromatic heterocycles. The van der Waals surface area contributed by atoms with Crippen LogP contribution in [0.1, 0.15) is 25.3 Å². The van der Waals surface area contributed by atoms with Gasteiger partial charge in [0.1, 0.15) is 0 Å². The molecular weight excluding hydrogens is 226 g/mol. The van der Waals surface area contributed by atoms with Crippen LogP contribution in [0.4, 0.5) is 5.69 Å². The molecule has 1 aromatic carbocycles. The molecule has 0 saturated carbocycles. The molecular formula is C15H21NO2. The molecule has 0 bridgehead atoms. The van der Waals surface area contributed by atoms with Crippen LogP contribution in [-0.4, -0.2) is 19.1 Å². The van der Waals surface area contributed by atoms with Gasteiger partial charge in [-0.15, -0.1) is 6.58 Å². The average molecular weight is 247 g/mol. The van der Waals surface area contributed by atoms with Crippen LogP contribution in [0.15, 0.2) is 36.9 Å². The number of rotatable bonds is 8. The minimum Gasteiger partial charge on any atom is -0.466 e. The molecule has 18 heavy (non-hydrogen) atoms. The predicted octanol–water partition coefficient (Wildman–Crippen LogP) is 3.17. The van der Waals surface area contributed by atoms with Gasteiger partial charge in [0.05, 0.1) is 6.61 Å². The van der Waals surface area contributed by atoms with Gasteiger partial charge in [0.2, 0.25) is 0 Å². The molecule has 1 N–H and O–H groups in total. The summed E-state index contributed by atoms with van der Waals surface area (Å²) in [5, 5.41) is 3.22. The molecule has 0 aliphatic heterocycles. The van der Waals surface area contributed by atoms with Gasteiger partial charge < -0.3 is 10.1 Å². The van der Waals surface area contributed by atoms with Crippen LogP contribution < -0.4 is 5.32 Å². The first kappa shape index (κ1) is 14.3. The fourth-order valence-corrected chi connectivity index (χ4v) is 1.65. The molecule has 0 spiro atoms. The van der Waals surface area contributed by atoms with Crippen molar-refractivity contribution < 1.29 is 9.53 Å². The van der Waals surface area contributed by atoms with Crippen molar-refractivity contribution in [2.45, 2.75) is 26.2 Å². The molecule has 0 radical (unpaired) electrons. The molecule has 0 heterocycles. The SMILES string of the molecule is C=CCNc1ccc(CCCC(=O)OCC)cc1. The summed E-state index contributed by atoms with van der Waals surface area (Å²) in [5.41, 5.74) is 2.33. The van der Waals surface area contributed by atoms with E-state index in [1.807, 2.05) is 25.1 Å². The summed E-state index contributed by atoms with van der Waals surface area (Å²) < 4.78 is 4.88. The van der Waals surface area contributed by atoms with E-state index in [4.69, 9.17) is 4.74 Å². The first-order valence-electron chi connectivity index (χ1n) is 6.35. The third-order valence-corrected chi connectivity index (χ3v) is 2.56. The Balaban J connectivity index is 2.30. The van der Waals surface area contributed by atoms with Crippen molar-refractivity contribution in [3.63, 3.8) is 0 Å². The third-order valence-electron chi connectivity index (χ3n) is 2.56. The topological polar surface area (TPSA) is 38.3 Å². The average Bonchev–Trinajstić information content (AvgIpc) is 2.38. The Morgan fingerprint density at radius 3 is 2.72 bits per heavy atom. The summed E-state index contributed by atoms with van der Waals surface area (Å²) in [7, 11) is 0. The van der Waals surface area contributed by atoms with Crippen molar-refractivity contribution in [2.24, 2.45) is 0 Å². The van der Waals surface area contributed by atoms with E-state index in [1.165, 1.54) is 5.56 Å². The van der Waals surface area contributed by atoms with E-state index in [0.717, 1.165) is 25.1 Å². The number of ether oxygens (including phenoxy) is 1. The minimum absolute atomic E-state index is 0.109. The molecule has 3 heteroatoms. The number of carbonyl (C=O) groups excluding carboxylic acids is 1. The first-order chi connectivity index (χ1) is 8.76. The molecule has 1 aromatic rings. The summed E-state index contributed by atoms with van der Waals surface area (Å²) in [5.74, 6) is -0.109. The predicted molar refractivity (Wildman–Crippen MR) is 74.7 cm³/mol. The molecule has 0 atom stereocenters. The highest BCUT2D eigenvalue weighted by Crippen LogP contribution is 2.11. The van der Waals surface area contributed by atoms with Crippen LogP contribution >= 0.6 is 0 Å². The zero-order valence-electron chi connectivity index (χ0n) is 10.9. The van der Waals surface area contributed by atoms with Crippen molar-refractivity contribution in [2.75, 3.05) is 18.5 Å². The third kappa shape index (κ3) is 5.53. The highest BCUT2D eigenvalue weighted by molar-refractivity contribution is 5.69. The number of benzene rings is 1. The lowest BCUT2D eigenvalue weighted by Crippen LogP contribution is -2.04. The lowest BCUT2D eigenvalue weighted by Gasteiger charge is -2.05. The van der Waals surface area contributed by atoms with Gasteiger partial charge in [-0.05, 0) is 37.5 Å². The molecule has 0 saturated heterocycles. The number of hydrogen-bond acceptors (Lipinski definition) is 3. The van der Waals surface area contributed by atoms with Crippen LogP contribution in [0, 0.1) is 0 Å². The maximum absolute atomic E-state index is 11.2. The van der Waals surface area contributed by atoms with Crippen molar-refractivity contribution in [1.29, 1.82) is 0 Å². The summed E-state index contributed by atoms with van der Waals surface area (Å²) in [6.45, 7) is 6.71. The largest absolute Gasteiger partial charge is 0.466 e. The minimum atomic E-state index is -0.109. The zero-order chi connectivity index (χ0) is 13.2. The maximum atomic E-state index is 11.2. The zero-order valence-corrected chi connectivity index (χ0v) is 10.9. The van der Waals surface area contributed by atoms with Crippen molar-refractivity contribution in [3.8, 4) is 0 Å². The Hall–Kier alpha value is -1.77. The Kier molecular flexibility index (Phi) is 6.62. The van der Waals surface area contributed by atoms with Gasteiger partial charge in [0, 0.05) is 18.7 Å². The normalized spacial score (nSPS) is 9.83. The highest BCUT2D eigenvalue weighted by Gasteiger charge is 2.01. The van der Waals surface area contributed by atoms with Gasteiger partial charge >= 0.3 is 5.97 Å². The lowest BCUT2D eigenvalue weighted by molar-refractivity contribution is -0.143. The summed E-state index contributed by atoms with van der Waals surface area (Å²) in [4.78, 5) is 11.2. The molecule has 3 nitrogen and oxygen atoms in total. The van der Waals surface area contributed by atoms with E-state index in [2.05, 4.69) is 24.0 Å². The Morgan fingerprint density at radius 1 is 1.39 bits per heavy atom. The standard InChI is InChI=1S/C15H21NO2/c1-3-12-16-14-10-8-13(9-11-14)6-5-7-15(17)18-4-2/h3,8-11,16H,1,4-7,12H2,2H3. The number of esters is 1. The summed E-state index contributed by atoms with van der Waals surface area (Å²) >= 11 is 0. The molecule has 0 fully saturated rings. The molecule has 0 aliphatic rings. The van der Waals surface area contributed by atoms with E-state index in [1.54, 1.807) is 0 Å². The number of nitrogens with one attached hydrogen (secondary N) is 1. The highest BCUT2D eigenvalue weighted by atomic mass is 16.5. The first-order valence-corrected chi connectivity index (χ1v) is 6.35. The number of carbonyl (C=O) groups is 1. The van der Waals surface area contributed by atoms with Crippen LogP contribution in [0.25, 0.3) is 0 Å². The maximum Gasteiger partial charge on any atom is 0.305 e. The Labute approximate surface area is 109 Å². The molecule has 0 aliphatic carbocycles. The van der Waals surface area contributed by atoms with Crippen molar-refractivity contribution >= 4 is 11.7 Å². The second-order valence-electron chi connectivity index (χ2n) is 4.03.